The quantitative estimate of drug-likeness (QED) is 0.434. The third kappa shape index (κ3) is 4.72. The first-order chi connectivity index (χ1) is 14.6. The number of amides is 1. The summed E-state index contributed by atoms with van der Waals surface area (Å²) in [5.41, 5.74) is 1.85. The molecule has 0 aliphatic carbocycles. The maximum Gasteiger partial charge on any atom is 0.230 e. The number of hydrogen-bond donors (Lipinski definition) is 1. The molecule has 7 nitrogen and oxygen atoms in total. The molecule has 30 heavy (non-hydrogen) atoms. The Morgan fingerprint density at radius 2 is 1.83 bits per heavy atom. The first-order valence-electron chi connectivity index (χ1n) is 9.14. The van der Waals surface area contributed by atoms with Gasteiger partial charge < -0.3 is 14.3 Å². The summed E-state index contributed by atoms with van der Waals surface area (Å²) in [5, 5.41) is 12.6. The van der Waals surface area contributed by atoms with Crippen molar-refractivity contribution in [2.45, 2.75) is 11.7 Å². The van der Waals surface area contributed by atoms with Crippen LogP contribution in [0.4, 0.5) is 0 Å². The Morgan fingerprint density at radius 3 is 2.60 bits per heavy atom. The Hall–Kier alpha value is -3.10. The van der Waals surface area contributed by atoms with Gasteiger partial charge in [-0.25, -0.2) is 0 Å². The predicted molar refractivity (Wildman–Crippen MR) is 116 cm³/mol. The molecule has 4 rings (SSSR count). The topological polar surface area (TPSA) is 85.8 Å². The van der Waals surface area contributed by atoms with Crippen LogP contribution in [0.15, 0.2) is 70.5 Å². The SMILES string of the molecule is Cn1c(SCC(=O)NCc2ccc(-c3ccc(Cl)cc3)o2)nnc1-c1ccncc1. The number of furan rings is 1. The van der Waals surface area contributed by atoms with Gasteiger partial charge in [0, 0.05) is 35.6 Å². The van der Waals surface area contributed by atoms with E-state index in [0.29, 0.717) is 22.5 Å². The van der Waals surface area contributed by atoms with Gasteiger partial charge in [0.15, 0.2) is 11.0 Å². The van der Waals surface area contributed by atoms with Gasteiger partial charge in [0.2, 0.25) is 5.91 Å². The molecule has 0 aliphatic rings. The molecule has 4 aromatic rings. The minimum absolute atomic E-state index is 0.113. The van der Waals surface area contributed by atoms with E-state index in [1.807, 2.05) is 60.1 Å². The number of carbonyl (C=O) groups is 1. The summed E-state index contributed by atoms with van der Waals surface area (Å²) in [4.78, 5) is 16.2. The molecule has 3 heterocycles. The van der Waals surface area contributed by atoms with Gasteiger partial charge in [-0.15, -0.1) is 10.2 Å². The van der Waals surface area contributed by atoms with Crippen molar-refractivity contribution in [3.8, 4) is 22.7 Å². The van der Waals surface area contributed by atoms with E-state index in [-0.39, 0.29) is 11.7 Å². The maximum absolute atomic E-state index is 12.2. The molecule has 9 heteroatoms. The van der Waals surface area contributed by atoms with Crippen molar-refractivity contribution in [3.05, 3.63) is 71.7 Å². The molecule has 3 aromatic heterocycles. The van der Waals surface area contributed by atoms with E-state index in [9.17, 15) is 4.79 Å². The summed E-state index contributed by atoms with van der Waals surface area (Å²) in [5.74, 6) is 2.25. The highest BCUT2D eigenvalue weighted by Gasteiger charge is 2.13. The Labute approximate surface area is 182 Å². The standard InChI is InChI=1S/C21H18ClN5O2S/c1-27-20(15-8-10-23-11-9-15)25-26-21(27)30-13-19(28)24-12-17-6-7-18(29-17)14-2-4-16(22)5-3-14/h2-11H,12-13H2,1H3,(H,24,28). The highest BCUT2D eigenvalue weighted by atomic mass is 35.5. The largest absolute Gasteiger partial charge is 0.459 e. The van der Waals surface area contributed by atoms with Crippen molar-refractivity contribution in [3.63, 3.8) is 0 Å². The molecule has 0 spiro atoms. The fraction of sp³-hybridized carbons (Fsp3) is 0.143. The van der Waals surface area contributed by atoms with Crippen LogP contribution in [0.2, 0.25) is 5.02 Å². The summed E-state index contributed by atoms with van der Waals surface area (Å²) >= 11 is 7.24. The molecule has 0 atom stereocenters. The maximum atomic E-state index is 12.2. The summed E-state index contributed by atoms with van der Waals surface area (Å²) in [7, 11) is 1.87. The first kappa shape index (κ1) is 20.2. The second-order valence-electron chi connectivity index (χ2n) is 6.44. The molecular weight excluding hydrogens is 422 g/mol. The van der Waals surface area contributed by atoms with Crippen LogP contribution in [0, 0.1) is 0 Å². The molecule has 0 fully saturated rings. The molecular formula is C21H18ClN5O2S. The zero-order valence-corrected chi connectivity index (χ0v) is 17.7. The number of rotatable bonds is 7. The lowest BCUT2D eigenvalue weighted by atomic mass is 10.2. The van der Waals surface area contributed by atoms with Crippen LogP contribution in [-0.4, -0.2) is 31.4 Å². The fourth-order valence-corrected chi connectivity index (χ4v) is 3.67. The smallest absolute Gasteiger partial charge is 0.230 e. The van der Waals surface area contributed by atoms with Crippen LogP contribution in [0.5, 0.6) is 0 Å². The number of aromatic nitrogens is 4. The molecule has 152 valence electrons. The Bertz CT molecular complexity index is 1140. The van der Waals surface area contributed by atoms with Gasteiger partial charge in [0.25, 0.3) is 0 Å². The lowest BCUT2D eigenvalue weighted by Crippen LogP contribution is -2.24. The Kier molecular flexibility index (Phi) is 6.15. The van der Waals surface area contributed by atoms with Gasteiger partial charge in [0.05, 0.1) is 12.3 Å². The number of benzene rings is 1. The molecule has 0 radical (unpaired) electrons. The van der Waals surface area contributed by atoms with Crippen LogP contribution in [0.3, 0.4) is 0 Å². The molecule has 1 N–H and O–H groups in total. The third-order valence-electron chi connectivity index (χ3n) is 4.36. The van der Waals surface area contributed by atoms with Gasteiger partial charge in [0.1, 0.15) is 11.5 Å². The number of thioether (sulfide) groups is 1. The van der Waals surface area contributed by atoms with E-state index in [4.69, 9.17) is 16.0 Å². The molecule has 1 amide bonds. The Morgan fingerprint density at radius 1 is 1.07 bits per heavy atom. The molecule has 0 unspecified atom stereocenters. The summed E-state index contributed by atoms with van der Waals surface area (Å²) in [6.07, 6.45) is 3.41. The second kappa shape index (κ2) is 9.15. The van der Waals surface area contributed by atoms with Crippen molar-refractivity contribution >= 4 is 29.3 Å². The highest BCUT2D eigenvalue weighted by molar-refractivity contribution is 7.99. The van der Waals surface area contributed by atoms with Crippen LogP contribution < -0.4 is 5.32 Å². The molecule has 0 bridgehead atoms. The van der Waals surface area contributed by atoms with Crippen molar-refractivity contribution in [1.29, 1.82) is 0 Å². The first-order valence-corrected chi connectivity index (χ1v) is 10.5. The van der Waals surface area contributed by atoms with Gasteiger partial charge in [-0.1, -0.05) is 23.4 Å². The van der Waals surface area contributed by atoms with Gasteiger partial charge in [-0.3, -0.25) is 9.78 Å². The number of halogens is 1. The number of hydrogen-bond acceptors (Lipinski definition) is 6. The van der Waals surface area contributed by atoms with E-state index in [1.54, 1.807) is 12.4 Å². The normalized spacial score (nSPS) is 10.9. The van der Waals surface area contributed by atoms with Crippen LogP contribution in [0.25, 0.3) is 22.7 Å². The lowest BCUT2D eigenvalue weighted by Gasteiger charge is -2.05. The van der Waals surface area contributed by atoms with E-state index in [1.165, 1.54) is 11.8 Å². The highest BCUT2D eigenvalue weighted by Crippen LogP contribution is 2.24. The average Bonchev–Trinajstić information content (AvgIpc) is 3.39. The molecule has 0 saturated heterocycles. The average molecular weight is 440 g/mol. The van der Waals surface area contributed by atoms with Crippen LogP contribution in [-0.2, 0) is 18.4 Å². The van der Waals surface area contributed by atoms with Crippen molar-refractivity contribution in [2.75, 3.05) is 5.75 Å². The van der Waals surface area contributed by atoms with Crippen LogP contribution in [0.1, 0.15) is 5.76 Å². The zero-order chi connectivity index (χ0) is 20.9. The van der Waals surface area contributed by atoms with E-state index in [2.05, 4.69) is 20.5 Å². The minimum Gasteiger partial charge on any atom is -0.459 e. The number of pyridine rings is 1. The minimum atomic E-state index is -0.113. The molecule has 0 aliphatic heterocycles. The van der Waals surface area contributed by atoms with E-state index in [0.717, 1.165) is 22.7 Å². The lowest BCUT2D eigenvalue weighted by molar-refractivity contribution is -0.118. The molecule has 1 aromatic carbocycles. The monoisotopic (exact) mass is 439 g/mol. The fourth-order valence-electron chi connectivity index (χ4n) is 2.80. The number of nitrogens with one attached hydrogen (secondary N) is 1. The van der Waals surface area contributed by atoms with Crippen molar-refractivity contribution in [2.24, 2.45) is 7.05 Å². The third-order valence-corrected chi connectivity index (χ3v) is 5.63. The van der Waals surface area contributed by atoms with Gasteiger partial charge >= 0.3 is 0 Å². The molecule has 0 saturated carbocycles. The number of nitrogens with zero attached hydrogens (tertiary/aromatic N) is 4. The van der Waals surface area contributed by atoms with Crippen LogP contribution >= 0.6 is 23.4 Å². The summed E-state index contributed by atoms with van der Waals surface area (Å²) in [6.45, 7) is 0.314. The zero-order valence-electron chi connectivity index (χ0n) is 16.1. The van der Waals surface area contributed by atoms with E-state index >= 15 is 0 Å². The number of carbonyl (C=O) groups excluding carboxylic acids is 1. The van der Waals surface area contributed by atoms with E-state index < -0.39 is 0 Å². The van der Waals surface area contributed by atoms with Crippen molar-refractivity contribution < 1.29 is 9.21 Å². The summed E-state index contributed by atoms with van der Waals surface area (Å²) in [6, 6.07) is 14.9. The summed E-state index contributed by atoms with van der Waals surface area (Å²) < 4.78 is 7.66. The Balaban J connectivity index is 1.30. The second-order valence-corrected chi connectivity index (χ2v) is 7.82. The van der Waals surface area contributed by atoms with Gasteiger partial charge in [-0.2, -0.15) is 0 Å². The predicted octanol–water partition coefficient (Wildman–Crippen LogP) is 4.20. The van der Waals surface area contributed by atoms with Gasteiger partial charge in [-0.05, 0) is 48.5 Å². The van der Waals surface area contributed by atoms with Crippen molar-refractivity contribution in [1.82, 2.24) is 25.1 Å².